The van der Waals surface area contributed by atoms with Crippen LogP contribution in [0.15, 0.2) is 62.8 Å². The smallest absolute Gasteiger partial charge is 0.282 e. The van der Waals surface area contributed by atoms with E-state index in [4.69, 9.17) is 5.73 Å². The molecule has 0 aliphatic carbocycles. The van der Waals surface area contributed by atoms with Crippen molar-refractivity contribution in [1.29, 1.82) is 0 Å². The summed E-state index contributed by atoms with van der Waals surface area (Å²) in [7, 11) is 0. The zero-order valence-corrected chi connectivity index (χ0v) is 13.5. The second-order valence-corrected chi connectivity index (χ2v) is 6.11. The van der Waals surface area contributed by atoms with Crippen molar-refractivity contribution in [3.8, 4) is 0 Å². The molecule has 4 rings (SSSR count). The molecule has 114 valence electrons. The Balaban J connectivity index is 2.05. The first-order chi connectivity index (χ1) is 11.1. The zero-order valence-electron chi connectivity index (χ0n) is 11.9. The fourth-order valence-corrected chi connectivity index (χ4v) is 3.17. The lowest BCUT2D eigenvalue weighted by molar-refractivity contribution is 0.615. The Morgan fingerprint density at radius 2 is 2.00 bits per heavy atom. The largest absolute Gasteiger partial charge is 0.370 e. The molecule has 1 aliphatic rings. The van der Waals surface area contributed by atoms with Gasteiger partial charge < -0.3 is 5.73 Å². The fraction of sp³-hybridized carbons (Fsp3) is 0.0625. The van der Waals surface area contributed by atoms with Crippen molar-refractivity contribution >= 4 is 38.7 Å². The first-order valence-electron chi connectivity index (χ1n) is 7.00. The second-order valence-electron chi connectivity index (χ2n) is 5.20. The normalized spacial score (nSPS) is 16.6. The van der Waals surface area contributed by atoms with E-state index in [1.165, 1.54) is 0 Å². The van der Waals surface area contributed by atoms with E-state index in [1.54, 1.807) is 6.07 Å². The topological polar surface area (TPSA) is 85.3 Å². The number of aromatic nitrogens is 2. The van der Waals surface area contributed by atoms with E-state index in [0.717, 1.165) is 15.6 Å². The summed E-state index contributed by atoms with van der Waals surface area (Å²) in [6.07, 6.45) is -0.387. The Morgan fingerprint density at radius 3 is 2.83 bits per heavy atom. The molecule has 0 saturated carbocycles. The number of nitrogens with one attached hydrogen (secondary N) is 1. The molecule has 3 N–H and O–H groups in total. The lowest BCUT2D eigenvalue weighted by atomic mass is 10.1. The van der Waals surface area contributed by atoms with Crippen molar-refractivity contribution in [1.82, 2.24) is 9.55 Å². The van der Waals surface area contributed by atoms with Gasteiger partial charge in [-0.15, -0.1) is 0 Å². The van der Waals surface area contributed by atoms with Crippen LogP contribution in [0.1, 0.15) is 11.7 Å². The summed E-state index contributed by atoms with van der Waals surface area (Å²) in [5.74, 6) is 0.628. The summed E-state index contributed by atoms with van der Waals surface area (Å²) in [5, 5.41) is 3.42. The Kier molecular flexibility index (Phi) is 3.16. The Labute approximate surface area is 139 Å². The van der Waals surface area contributed by atoms with Crippen LogP contribution in [0.5, 0.6) is 0 Å². The number of rotatable bonds is 1. The average Bonchev–Trinajstić information content (AvgIpc) is 2.54. The highest BCUT2D eigenvalue weighted by molar-refractivity contribution is 9.10. The molecule has 23 heavy (non-hydrogen) atoms. The number of guanidine groups is 1. The molecule has 0 spiro atoms. The molecule has 0 saturated heterocycles. The molecule has 0 unspecified atom stereocenters. The molecule has 3 aromatic rings. The summed E-state index contributed by atoms with van der Waals surface area (Å²) in [6, 6.07) is 15.2. The van der Waals surface area contributed by atoms with Crippen molar-refractivity contribution < 1.29 is 0 Å². The number of para-hydroxylation sites is 1. The van der Waals surface area contributed by atoms with Gasteiger partial charge in [0.15, 0.2) is 12.1 Å². The van der Waals surface area contributed by atoms with Gasteiger partial charge >= 0.3 is 0 Å². The maximum Gasteiger partial charge on any atom is 0.282 e. The molecule has 1 aliphatic heterocycles. The van der Waals surface area contributed by atoms with E-state index in [-0.39, 0.29) is 17.7 Å². The summed E-state index contributed by atoms with van der Waals surface area (Å²) in [5.41, 5.74) is 7.30. The fourth-order valence-electron chi connectivity index (χ4n) is 2.75. The van der Waals surface area contributed by atoms with Crippen LogP contribution < -0.4 is 16.6 Å². The molecule has 2 aromatic carbocycles. The molecular weight excluding hydrogens is 358 g/mol. The number of anilines is 1. The van der Waals surface area contributed by atoms with E-state index >= 15 is 0 Å². The van der Waals surface area contributed by atoms with Crippen LogP contribution in [-0.2, 0) is 0 Å². The molecule has 2 heterocycles. The van der Waals surface area contributed by atoms with Crippen LogP contribution in [0.3, 0.4) is 0 Å². The van der Waals surface area contributed by atoms with Crippen LogP contribution in [0, 0.1) is 0 Å². The van der Waals surface area contributed by atoms with Crippen LogP contribution in [0.25, 0.3) is 10.9 Å². The highest BCUT2D eigenvalue weighted by Crippen LogP contribution is 2.30. The number of hydrogen-bond donors (Lipinski definition) is 2. The molecule has 0 radical (unpaired) electrons. The van der Waals surface area contributed by atoms with Gasteiger partial charge in [-0.3, -0.25) is 14.7 Å². The van der Waals surface area contributed by atoms with Gasteiger partial charge in [-0.05, 0) is 29.8 Å². The van der Waals surface area contributed by atoms with Crippen molar-refractivity contribution in [3.05, 3.63) is 68.9 Å². The summed E-state index contributed by atoms with van der Waals surface area (Å²) in [4.78, 5) is 20.8. The van der Waals surface area contributed by atoms with Gasteiger partial charge in [0, 0.05) is 4.47 Å². The Morgan fingerprint density at radius 1 is 1.17 bits per heavy atom. The number of hydrogen-bond acceptors (Lipinski definition) is 5. The molecule has 0 amide bonds. The van der Waals surface area contributed by atoms with Crippen molar-refractivity contribution in [2.45, 2.75) is 6.17 Å². The minimum absolute atomic E-state index is 0.233. The lowest BCUT2D eigenvalue weighted by Gasteiger charge is -2.27. The quantitative estimate of drug-likeness (QED) is 0.689. The third-order valence-electron chi connectivity index (χ3n) is 3.72. The molecule has 0 fully saturated rings. The minimum atomic E-state index is -0.387. The molecular formula is C16H12BrN5O. The Bertz CT molecular complexity index is 1010. The van der Waals surface area contributed by atoms with Gasteiger partial charge in [0.05, 0.1) is 10.9 Å². The van der Waals surface area contributed by atoms with Gasteiger partial charge in [0.1, 0.15) is 0 Å². The van der Waals surface area contributed by atoms with Crippen molar-refractivity contribution in [2.24, 2.45) is 10.7 Å². The van der Waals surface area contributed by atoms with Crippen LogP contribution >= 0.6 is 15.9 Å². The number of benzene rings is 2. The number of halogens is 1. The van der Waals surface area contributed by atoms with E-state index in [2.05, 4.69) is 31.2 Å². The summed E-state index contributed by atoms with van der Waals surface area (Å²) in [6.45, 7) is 0. The number of nitrogens with two attached hydrogens (primary N) is 1. The summed E-state index contributed by atoms with van der Waals surface area (Å²) >= 11 is 3.47. The number of nitrogens with zero attached hydrogens (tertiary/aromatic N) is 3. The summed E-state index contributed by atoms with van der Waals surface area (Å²) < 4.78 is 2.83. The molecule has 1 aromatic heterocycles. The van der Waals surface area contributed by atoms with Crippen molar-refractivity contribution in [2.75, 3.05) is 5.32 Å². The number of aliphatic imine (C=N–C) groups is 1. The highest BCUT2D eigenvalue weighted by atomic mass is 79.9. The highest BCUT2D eigenvalue weighted by Gasteiger charge is 2.24. The molecule has 1 atom stereocenters. The monoisotopic (exact) mass is 369 g/mol. The standard InChI is InChI=1S/C16H12BrN5O/c17-10-5-3-4-9(8-10)13-19-15(18)21-16-20-14(23)11-6-1-2-7-12(11)22(13)16/h1-8,13H,(H3,18,19,20,21,23)/t13-/m1/s1. The van der Waals surface area contributed by atoms with E-state index < -0.39 is 0 Å². The SMILES string of the molecule is NC1=N[C@@H](c2cccc(Br)c2)n2c(nc(=O)c3ccccc32)N1. The van der Waals surface area contributed by atoms with Gasteiger partial charge in [-0.25, -0.2) is 4.99 Å². The maximum absolute atomic E-state index is 12.2. The predicted octanol–water partition coefficient (Wildman–Crippen LogP) is 2.45. The van der Waals surface area contributed by atoms with Gasteiger partial charge in [-0.1, -0.05) is 40.2 Å². The van der Waals surface area contributed by atoms with Gasteiger partial charge in [0.2, 0.25) is 5.95 Å². The van der Waals surface area contributed by atoms with Crippen LogP contribution in [0.4, 0.5) is 5.95 Å². The second kappa shape index (κ2) is 5.20. The van der Waals surface area contributed by atoms with E-state index in [0.29, 0.717) is 11.3 Å². The number of fused-ring (bicyclic) bond motifs is 3. The third kappa shape index (κ3) is 2.29. The van der Waals surface area contributed by atoms with E-state index in [1.807, 2.05) is 47.0 Å². The minimum Gasteiger partial charge on any atom is -0.370 e. The van der Waals surface area contributed by atoms with Gasteiger partial charge in [0.25, 0.3) is 5.56 Å². The maximum atomic E-state index is 12.2. The lowest BCUT2D eigenvalue weighted by Crippen LogP contribution is -2.34. The van der Waals surface area contributed by atoms with Crippen LogP contribution in [-0.4, -0.2) is 15.5 Å². The van der Waals surface area contributed by atoms with Gasteiger partial charge in [-0.2, -0.15) is 4.98 Å². The average molecular weight is 370 g/mol. The molecule has 0 bridgehead atoms. The first kappa shape index (κ1) is 14.0. The molecule has 7 heteroatoms. The zero-order chi connectivity index (χ0) is 16.0. The molecule has 6 nitrogen and oxygen atoms in total. The van der Waals surface area contributed by atoms with Crippen molar-refractivity contribution in [3.63, 3.8) is 0 Å². The first-order valence-corrected chi connectivity index (χ1v) is 7.80. The predicted molar refractivity (Wildman–Crippen MR) is 93.5 cm³/mol. The van der Waals surface area contributed by atoms with Crippen LogP contribution in [0.2, 0.25) is 0 Å². The van der Waals surface area contributed by atoms with E-state index in [9.17, 15) is 4.79 Å². The third-order valence-corrected chi connectivity index (χ3v) is 4.22. The Hall–Kier alpha value is -2.67.